The van der Waals surface area contributed by atoms with Crippen molar-refractivity contribution in [3.63, 3.8) is 0 Å². The van der Waals surface area contributed by atoms with Gasteiger partial charge in [-0.25, -0.2) is 0 Å². The zero-order valence-electron chi connectivity index (χ0n) is 16.2. The van der Waals surface area contributed by atoms with Crippen molar-refractivity contribution in [2.45, 2.75) is 39.2 Å². The van der Waals surface area contributed by atoms with Gasteiger partial charge < -0.3 is 10.1 Å². The minimum absolute atomic E-state index is 0.000881. The van der Waals surface area contributed by atoms with Gasteiger partial charge in [0.05, 0.1) is 35.5 Å². The zero-order chi connectivity index (χ0) is 22.5. The number of nitrogens with one attached hydrogen (secondary N) is 1. The van der Waals surface area contributed by atoms with Gasteiger partial charge in [-0.3, -0.25) is 9.78 Å². The number of halogens is 6. The number of hydrogen-bond donors (Lipinski definition) is 1. The summed E-state index contributed by atoms with van der Waals surface area (Å²) in [6.07, 6.45) is -9.82. The summed E-state index contributed by atoms with van der Waals surface area (Å²) in [6, 6.07) is 4.25. The van der Waals surface area contributed by atoms with E-state index in [0.717, 1.165) is 30.3 Å². The van der Waals surface area contributed by atoms with Crippen LogP contribution in [0.5, 0.6) is 0 Å². The van der Waals surface area contributed by atoms with E-state index < -0.39 is 35.9 Å². The van der Waals surface area contributed by atoms with E-state index >= 15 is 0 Å². The summed E-state index contributed by atoms with van der Waals surface area (Å²) in [4.78, 5) is 15.8. The summed E-state index contributed by atoms with van der Waals surface area (Å²) in [6.45, 7) is 3.79. The number of pyridine rings is 1. The lowest BCUT2D eigenvalue weighted by atomic mass is 9.98. The Labute approximate surface area is 169 Å². The normalized spacial score (nSPS) is 12.1. The number of benzene rings is 1. The topological polar surface area (TPSA) is 51.2 Å². The first-order chi connectivity index (χ1) is 14.0. The predicted molar refractivity (Wildman–Crippen MR) is 97.4 cm³/mol. The molecule has 30 heavy (non-hydrogen) atoms. The average Bonchev–Trinajstić information content (AvgIpc) is 2.64. The van der Waals surface area contributed by atoms with E-state index in [-0.39, 0.29) is 35.7 Å². The third-order valence-corrected chi connectivity index (χ3v) is 4.11. The monoisotopic (exact) mass is 434 g/mol. The largest absolute Gasteiger partial charge is 0.466 e. The summed E-state index contributed by atoms with van der Waals surface area (Å²) < 4.78 is 84.1. The van der Waals surface area contributed by atoms with Gasteiger partial charge in [-0.1, -0.05) is 13.0 Å². The maximum absolute atomic E-state index is 13.4. The van der Waals surface area contributed by atoms with Gasteiger partial charge in [0.25, 0.3) is 0 Å². The van der Waals surface area contributed by atoms with Crippen molar-refractivity contribution >= 4 is 5.97 Å². The highest BCUT2D eigenvalue weighted by atomic mass is 19.4. The lowest BCUT2D eigenvalue weighted by Gasteiger charge is -2.16. The second kappa shape index (κ2) is 9.46. The molecular weight excluding hydrogens is 414 g/mol. The highest BCUT2D eigenvalue weighted by molar-refractivity contribution is 5.73. The smallest absolute Gasteiger partial charge is 0.416 e. The number of hydrogen-bond acceptors (Lipinski definition) is 4. The molecule has 10 heteroatoms. The average molecular weight is 434 g/mol. The first kappa shape index (κ1) is 23.7. The summed E-state index contributed by atoms with van der Waals surface area (Å²) in [5, 5.41) is 2.87. The summed E-state index contributed by atoms with van der Waals surface area (Å²) in [7, 11) is 0. The van der Waals surface area contributed by atoms with Crippen LogP contribution < -0.4 is 5.32 Å². The second-order valence-corrected chi connectivity index (χ2v) is 6.36. The Balaban J connectivity index is 2.61. The van der Waals surface area contributed by atoms with Gasteiger partial charge in [0.1, 0.15) is 0 Å². The number of aromatic nitrogens is 1. The molecule has 0 spiro atoms. The van der Waals surface area contributed by atoms with Crippen LogP contribution in [0.1, 0.15) is 36.2 Å². The van der Waals surface area contributed by atoms with E-state index in [1.807, 2.05) is 0 Å². The van der Waals surface area contributed by atoms with Crippen LogP contribution in [0.25, 0.3) is 11.3 Å². The van der Waals surface area contributed by atoms with Crippen LogP contribution in [0.3, 0.4) is 0 Å². The van der Waals surface area contributed by atoms with Crippen LogP contribution in [0.2, 0.25) is 0 Å². The van der Waals surface area contributed by atoms with Gasteiger partial charge in [-0.15, -0.1) is 0 Å². The molecule has 0 unspecified atom stereocenters. The van der Waals surface area contributed by atoms with Crippen LogP contribution in [-0.2, 0) is 34.8 Å². The SMILES string of the molecule is CCNCc1cc(C(F)(F)F)ccc1-c1cc(C(F)(F)F)cc(CC(=O)OCC)n1. The quantitative estimate of drug-likeness (QED) is 0.492. The van der Waals surface area contributed by atoms with Crippen LogP contribution in [0.15, 0.2) is 30.3 Å². The van der Waals surface area contributed by atoms with Crippen molar-refractivity contribution in [3.05, 3.63) is 52.7 Å². The lowest BCUT2D eigenvalue weighted by molar-refractivity contribution is -0.143. The van der Waals surface area contributed by atoms with Crippen LogP contribution in [0.4, 0.5) is 26.3 Å². The van der Waals surface area contributed by atoms with Gasteiger partial charge in [0.2, 0.25) is 0 Å². The highest BCUT2D eigenvalue weighted by Crippen LogP contribution is 2.36. The summed E-state index contributed by atoms with van der Waals surface area (Å²) in [5.74, 6) is -0.754. The Hall–Kier alpha value is -2.62. The molecule has 0 fully saturated rings. The molecule has 164 valence electrons. The minimum atomic E-state index is -4.73. The molecular formula is C20H20F6N2O2. The van der Waals surface area contributed by atoms with E-state index in [0.29, 0.717) is 6.54 Å². The van der Waals surface area contributed by atoms with Gasteiger partial charge >= 0.3 is 18.3 Å². The van der Waals surface area contributed by atoms with Gasteiger partial charge in [-0.2, -0.15) is 26.3 Å². The van der Waals surface area contributed by atoms with E-state index in [1.165, 1.54) is 0 Å². The second-order valence-electron chi connectivity index (χ2n) is 6.36. The molecule has 0 amide bonds. The van der Waals surface area contributed by atoms with Crippen molar-refractivity contribution < 1.29 is 35.9 Å². The maximum Gasteiger partial charge on any atom is 0.416 e. The van der Waals surface area contributed by atoms with Gasteiger partial charge in [0, 0.05) is 12.1 Å². The molecule has 1 aromatic carbocycles. The number of alkyl halides is 6. The van der Waals surface area contributed by atoms with Crippen molar-refractivity contribution in [2.75, 3.05) is 13.2 Å². The third kappa shape index (κ3) is 6.19. The minimum Gasteiger partial charge on any atom is -0.466 e. The fourth-order valence-electron chi connectivity index (χ4n) is 2.77. The Bertz CT molecular complexity index is 894. The van der Waals surface area contributed by atoms with Crippen LogP contribution in [0, 0.1) is 0 Å². The number of esters is 1. The molecule has 0 aliphatic carbocycles. The number of ether oxygens (including phenoxy) is 1. The fraction of sp³-hybridized carbons (Fsp3) is 0.400. The Kier molecular flexibility index (Phi) is 7.46. The standard InChI is InChI=1S/C20H20F6N2O2/c1-3-27-11-12-7-13(19(21,22)23)5-6-16(12)17-9-14(20(24,25)26)8-15(28-17)10-18(29)30-4-2/h5-9,27H,3-4,10-11H2,1-2H3. The maximum atomic E-state index is 13.4. The third-order valence-electron chi connectivity index (χ3n) is 4.11. The van der Waals surface area contributed by atoms with Crippen LogP contribution >= 0.6 is 0 Å². The van der Waals surface area contributed by atoms with Crippen LogP contribution in [-0.4, -0.2) is 24.1 Å². The summed E-state index contributed by atoms with van der Waals surface area (Å²) in [5.41, 5.74) is -2.09. The van der Waals surface area contributed by atoms with E-state index in [4.69, 9.17) is 4.74 Å². The molecule has 0 bridgehead atoms. The molecule has 0 atom stereocenters. The van der Waals surface area contributed by atoms with Crippen molar-refractivity contribution in [1.82, 2.24) is 10.3 Å². The van der Waals surface area contributed by atoms with Gasteiger partial charge in [0.15, 0.2) is 0 Å². The number of carbonyl (C=O) groups excluding carboxylic acids is 1. The molecule has 1 heterocycles. The molecule has 0 saturated heterocycles. The molecule has 1 aromatic heterocycles. The van der Waals surface area contributed by atoms with Crippen molar-refractivity contribution in [3.8, 4) is 11.3 Å². The molecule has 2 rings (SSSR count). The van der Waals surface area contributed by atoms with E-state index in [2.05, 4.69) is 10.3 Å². The highest BCUT2D eigenvalue weighted by Gasteiger charge is 2.33. The van der Waals surface area contributed by atoms with Crippen molar-refractivity contribution in [2.24, 2.45) is 0 Å². The number of nitrogens with zero attached hydrogens (tertiary/aromatic N) is 1. The molecule has 4 nitrogen and oxygen atoms in total. The van der Waals surface area contributed by atoms with Crippen molar-refractivity contribution in [1.29, 1.82) is 0 Å². The van der Waals surface area contributed by atoms with Gasteiger partial charge in [-0.05, 0) is 43.3 Å². The Morgan fingerprint density at radius 3 is 2.23 bits per heavy atom. The first-order valence-corrected chi connectivity index (χ1v) is 9.10. The molecule has 0 aliphatic heterocycles. The molecule has 2 aromatic rings. The lowest BCUT2D eigenvalue weighted by Crippen LogP contribution is -2.15. The summed E-state index contributed by atoms with van der Waals surface area (Å²) >= 11 is 0. The molecule has 1 N–H and O–H groups in total. The zero-order valence-corrected chi connectivity index (χ0v) is 16.2. The number of carbonyl (C=O) groups is 1. The van der Waals surface area contributed by atoms with E-state index in [9.17, 15) is 31.1 Å². The fourth-order valence-corrected chi connectivity index (χ4v) is 2.77. The molecule has 0 radical (unpaired) electrons. The molecule has 0 saturated carbocycles. The first-order valence-electron chi connectivity index (χ1n) is 9.10. The predicted octanol–water partition coefficient (Wildman–Crippen LogP) is 5.00. The van der Waals surface area contributed by atoms with E-state index in [1.54, 1.807) is 13.8 Å². The Morgan fingerprint density at radius 1 is 1.00 bits per heavy atom. The Morgan fingerprint density at radius 2 is 1.67 bits per heavy atom. The molecule has 0 aliphatic rings. The number of rotatable bonds is 7.